The van der Waals surface area contributed by atoms with E-state index in [-0.39, 0.29) is 28.9 Å². The number of nitrogens with zero attached hydrogens (tertiary/aromatic N) is 1. The number of hydrogen-bond acceptors (Lipinski definition) is 4. The fourth-order valence-electron chi connectivity index (χ4n) is 1.76. The van der Waals surface area contributed by atoms with Crippen LogP contribution in [0.3, 0.4) is 0 Å². The van der Waals surface area contributed by atoms with E-state index in [4.69, 9.17) is 10.00 Å². The molecule has 0 heterocycles. The van der Waals surface area contributed by atoms with Crippen molar-refractivity contribution in [2.24, 2.45) is 0 Å². The highest BCUT2D eigenvalue weighted by Crippen LogP contribution is 2.15. The lowest BCUT2D eigenvalue weighted by Crippen LogP contribution is -2.31. The highest BCUT2D eigenvalue weighted by molar-refractivity contribution is 6.59. The van der Waals surface area contributed by atoms with Crippen LogP contribution in [0.5, 0.6) is 5.75 Å². The van der Waals surface area contributed by atoms with Crippen LogP contribution in [0.2, 0.25) is 0 Å². The van der Waals surface area contributed by atoms with Crippen molar-refractivity contribution in [3.8, 4) is 11.8 Å². The van der Waals surface area contributed by atoms with Gasteiger partial charge in [-0.2, -0.15) is 5.26 Å². The molecule has 4 nitrogen and oxygen atoms in total. The minimum atomic E-state index is -1.67. The number of halogens is 1. The first-order valence-electron chi connectivity index (χ1n) is 5.89. The molecule has 2 aromatic carbocycles. The molecule has 0 aliphatic rings. The molecule has 0 atom stereocenters. The van der Waals surface area contributed by atoms with Gasteiger partial charge in [0.1, 0.15) is 24.2 Å². The Morgan fingerprint density at radius 1 is 1.15 bits per heavy atom. The van der Waals surface area contributed by atoms with E-state index < -0.39 is 12.9 Å². The molecule has 0 radical (unpaired) electrons. The Bertz CT molecular complexity index is 655. The van der Waals surface area contributed by atoms with Crippen LogP contribution in [0.25, 0.3) is 0 Å². The Kier molecular flexibility index (Phi) is 4.36. The molecular formula is C14H11BFNO3. The molecule has 0 aromatic heterocycles. The maximum atomic E-state index is 13.8. The van der Waals surface area contributed by atoms with E-state index in [1.54, 1.807) is 30.3 Å². The first-order valence-corrected chi connectivity index (χ1v) is 5.89. The van der Waals surface area contributed by atoms with Gasteiger partial charge in [0, 0.05) is 11.0 Å². The van der Waals surface area contributed by atoms with Gasteiger partial charge in [-0.3, -0.25) is 0 Å². The van der Waals surface area contributed by atoms with E-state index in [1.807, 2.05) is 0 Å². The third kappa shape index (κ3) is 2.96. The first kappa shape index (κ1) is 14.1. The summed E-state index contributed by atoms with van der Waals surface area (Å²) in [7, 11) is -1.67. The Balaban J connectivity index is 2.20. The molecule has 2 rings (SSSR count). The predicted molar refractivity (Wildman–Crippen MR) is 71.7 cm³/mol. The zero-order chi connectivity index (χ0) is 14.5. The SMILES string of the molecule is N#Cc1cccc(COc2ccccc2B(O)O)c1F. The van der Waals surface area contributed by atoms with Gasteiger partial charge in [0.15, 0.2) is 0 Å². The lowest BCUT2D eigenvalue weighted by atomic mass is 9.79. The summed E-state index contributed by atoms with van der Waals surface area (Å²) >= 11 is 0. The molecule has 0 amide bonds. The summed E-state index contributed by atoms with van der Waals surface area (Å²) in [6, 6.07) is 12.6. The third-order valence-corrected chi connectivity index (χ3v) is 2.78. The van der Waals surface area contributed by atoms with E-state index in [0.717, 1.165) is 0 Å². The van der Waals surface area contributed by atoms with E-state index in [9.17, 15) is 14.4 Å². The molecule has 0 aliphatic carbocycles. The predicted octanol–water partition coefficient (Wildman–Crippen LogP) is 0.956. The molecule has 0 spiro atoms. The fraction of sp³-hybridized carbons (Fsp3) is 0.0714. The third-order valence-electron chi connectivity index (χ3n) is 2.78. The quantitative estimate of drug-likeness (QED) is 0.812. The van der Waals surface area contributed by atoms with Crippen molar-refractivity contribution in [3.63, 3.8) is 0 Å². The maximum Gasteiger partial charge on any atom is 0.492 e. The molecular weight excluding hydrogens is 260 g/mol. The van der Waals surface area contributed by atoms with Crippen LogP contribution in [-0.4, -0.2) is 17.2 Å². The van der Waals surface area contributed by atoms with Crippen molar-refractivity contribution in [1.29, 1.82) is 5.26 Å². The fourth-order valence-corrected chi connectivity index (χ4v) is 1.76. The number of para-hydroxylation sites is 1. The van der Waals surface area contributed by atoms with E-state index >= 15 is 0 Å². The van der Waals surface area contributed by atoms with E-state index in [0.29, 0.717) is 0 Å². The Morgan fingerprint density at radius 2 is 1.90 bits per heavy atom. The average molecular weight is 271 g/mol. The van der Waals surface area contributed by atoms with Crippen molar-refractivity contribution in [1.82, 2.24) is 0 Å². The second kappa shape index (κ2) is 6.19. The minimum Gasteiger partial charge on any atom is -0.489 e. The van der Waals surface area contributed by atoms with Crippen LogP contribution in [0.4, 0.5) is 4.39 Å². The number of rotatable bonds is 4. The van der Waals surface area contributed by atoms with Crippen LogP contribution in [0.1, 0.15) is 11.1 Å². The largest absolute Gasteiger partial charge is 0.492 e. The molecule has 0 bridgehead atoms. The van der Waals surface area contributed by atoms with Gasteiger partial charge in [-0.05, 0) is 12.1 Å². The standard InChI is InChI=1S/C14H11BFNO3/c16-14-10(8-17)4-3-5-11(14)9-20-13-7-2-1-6-12(13)15(18)19/h1-7,18-19H,9H2. The smallest absolute Gasteiger partial charge is 0.489 e. The normalized spacial score (nSPS) is 9.90. The first-order chi connectivity index (χ1) is 9.63. The maximum absolute atomic E-state index is 13.8. The molecule has 0 saturated heterocycles. The zero-order valence-electron chi connectivity index (χ0n) is 10.5. The van der Waals surface area contributed by atoms with E-state index in [2.05, 4.69) is 0 Å². The summed E-state index contributed by atoms with van der Waals surface area (Å²) in [4.78, 5) is 0. The number of benzene rings is 2. The topological polar surface area (TPSA) is 73.5 Å². The number of ether oxygens (including phenoxy) is 1. The van der Waals surface area contributed by atoms with Crippen molar-refractivity contribution in [3.05, 3.63) is 59.4 Å². The van der Waals surface area contributed by atoms with E-state index in [1.165, 1.54) is 18.2 Å². The molecule has 2 aromatic rings. The van der Waals surface area contributed by atoms with Gasteiger partial charge in [-0.25, -0.2) is 4.39 Å². The monoisotopic (exact) mass is 271 g/mol. The summed E-state index contributed by atoms with van der Waals surface area (Å²) in [6.45, 7) is -0.106. The highest BCUT2D eigenvalue weighted by Gasteiger charge is 2.17. The Labute approximate surface area is 115 Å². The summed E-state index contributed by atoms with van der Waals surface area (Å²) in [5, 5.41) is 27.1. The molecule has 6 heteroatoms. The summed E-state index contributed by atoms with van der Waals surface area (Å²) in [6.07, 6.45) is 0. The molecule has 0 fully saturated rings. The lowest BCUT2D eigenvalue weighted by molar-refractivity contribution is 0.300. The number of hydrogen-bond donors (Lipinski definition) is 2. The molecule has 100 valence electrons. The van der Waals surface area contributed by atoms with Crippen molar-refractivity contribution in [2.75, 3.05) is 0 Å². The van der Waals surface area contributed by atoms with Crippen molar-refractivity contribution in [2.45, 2.75) is 6.61 Å². The molecule has 2 N–H and O–H groups in total. The summed E-state index contributed by atoms with van der Waals surface area (Å²) in [5.74, 6) is -0.374. The van der Waals surface area contributed by atoms with Gasteiger partial charge in [0.25, 0.3) is 0 Å². The lowest BCUT2D eigenvalue weighted by Gasteiger charge is -2.11. The van der Waals surface area contributed by atoms with Crippen LogP contribution >= 0.6 is 0 Å². The van der Waals surface area contributed by atoms with Gasteiger partial charge in [0.05, 0.1) is 5.56 Å². The molecule has 0 saturated carbocycles. The Morgan fingerprint density at radius 3 is 2.60 bits per heavy atom. The highest BCUT2D eigenvalue weighted by atomic mass is 19.1. The van der Waals surface area contributed by atoms with Gasteiger partial charge in [-0.15, -0.1) is 0 Å². The average Bonchev–Trinajstić information content (AvgIpc) is 2.46. The van der Waals surface area contributed by atoms with Crippen LogP contribution in [0, 0.1) is 17.1 Å². The molecule has 0 unspecified atom stereocenters. The van der Waals surface area contributed by atoms with Crippen LogP contribution in [0.15, 0.2) is 42.5 Å². The minimum absolute atomic E-state index is 0.0541. The van der Waals surface area contributed by atoms with Crippen molar-refractivity contribution < 1.29 is 19.2 Å². The summed E-state index contributed by atoms with van der Waals surface area (Å²) < 4.78 is 19.2. The summed E-state index contributed by atoms with van der Waals surface area (Å²) in [5.41, 5.74) is 0.372. The van der Waals surface area contributed by atoms with Crippen LogP contribution < -0.4 is 10.2 Å². The van der Waals surface area contributed by atoms with Crippen molar-refractivity contribution >= 4 is 12.6 Å². The molecule has 20 heavy (non-hydrogen) atoms. The van der Waals surface area contributed by atoms with Gasteiger partial charge >= 0.3 is 7.12 Å². The van der Waals surface area contributed by atoms with Gasteiger partial charge in [0.2, 0.25) is 0 Å². The molecule has 0 aliphatic heterocycles. The second-order valence-electron chi connectivity index (χ2n) is 4.09. The van der Waals surface area contributed by atoms with Gasteiger partial charge < -0.3 is 14.8 Å². The number of nitriles is 1. The van der Waals surface area contributed by atoms with Gasteiger partial charge in [-0.1, -0.05) is 30.3 Å². The zero-order valence-corrected chi connectivity index (χ0v) is 10.5. The second-order valence-corrected chi connectivity index (χ2v) is 4.09. The Hall–Kier alpha value is -2.36. The van der Waals surface area contributed by atoms with Crippen LogP contribution in [-0.2, 0) is 6.61 Å².